The third-order valence-corrected chi connectivity index (χ3v) is 4.16. The maximum Gasteiger partial charge on any atom is -0.0279 e. The first-order valence-electron chi connectivity index (χ1n) is 8.91. The normalized spacial score (nSPS) is 10.9. The van der Waals surface area contributed by atoms with Crippen LogP contribution in [0.15, 0.2) is 18.2 Å². The highest BCUT2D eigenvalue weighted by atomic mass is 14.1. The van der Waals surface area contributed by atoms with Gasteiger partial charge in [0.25, 0.3) is 0 Å². The van der Waals surface area contributed by atoms with Crippen LogP contribution in [0.25, 0.3) is 0 Å². The molecule has 0 saturated carbocycles. The molecule has 0 amide bonds. The van der Waals surface area contributed by atoms with E-state index in [9.17, 15) is 0 Å². The SMILES string of the molecule is CCCCCCc1cc(CC)cc(CCCCCC)c1. The molecule has 0 bridgehead atoms. The van der Waals surface area contributed by atoms with Gasteiger partial charge >= 0.3 is 0 Å². The molecule has 114 valence electrons. The summed E-state index contributed by atoms with van der Waals surface area (Å²) in [4.78, 5) is 0. The van der Waals surface area contributed by atoms with Crippen LogP contribution in [0.1, 0.15) is 88.8 Å². The fourth-order valence-corrected chi connectivity index (χ4v) is 2.84. The van der Waals surface area contributed by atoms with E-state index in [0.29, 0.717) is 0 Å². The Balaban J connectivity index is 2.51. The maximum atomic E-state index is 2.47. The summed E-state index contributed by atoms with van der Waals surface area (Å²) >= 11 is 0. The third kappa shape index (κ3) is 7.12. The van der Waals surface area contributed by atoms with Crippen molar-refractivity contribution in [1.29, 1.82) is 0 Å². The monoisotopic (exact) mass is 274 g/mol. The van der Waals surface area contributed by atoms with Gasteiger partial charge in [0.05, 0.1) is 0 Å². The van der Waals surface area contributed by atoms with Crippen molar-refractivity contribution in [2.45, 2.75) is 91.4 Å². The Morgan fingerprint density at radius 2 is 1.00 bits per heavy atom. The number of rotatable bonds is 11. The van der Waals surface area contributed by atoms with E-state index in [-0.39, 0.29) is 0 Å². The summed E-state index contributed by atoms with van der Waals surface area (Å²) in [5.41, 5.74) is 4.68. The van der Waals surface area contributed by atoms with Gasteiger partial charge in [-0.05, 0) is 48.8 Å². The molecular formula is C20H34. The highest BCUT2D eigenvalue weighted by Crippen LogP contribution is 2.17. The van der Waals surface area contributed by atoms with E-state index >= 15 is 0 Å². The zero-order valence-electron chi connectivity index (χ0n) is 14.0. The van der Waals surface area contributed by atoms with E-state index < -0.39 is 0 Å². The predicted octanol–water partition coefficient (Wildman–Crippen LogP) is 6.49. The Bertz CT molecular complexity index is 321. The molecule has 1 aromatic rings. The van der Waals surface area contributed by atoms with E-state index in [1.807, 2.05) is 0 Å². The van der Waals surface area contributed by atoms with Crippen LogP contribution in [0, 0.1) is 0 Å². The third-order valence-electron chi connectivity index (χ3n) is 4.16. The lowest BCUT2D eigenvalue weighted by Gasteiger charge is -2.09. The van der Waals surface area contributed by atoms with Crippen LogP contribution in [0.5, 0.6) is 0 Å². The van der Waals surface area contributed by atoms with Gasteiger partial charge < -0.3 is 0 Å². The van der Waals surface area contributed by atoms with Crippen LogP contribution in [0.2, 0.25) is 0 Å². The van der Waals surface area contributed by atoms with Gasteiger partial charge in [0, 0.05) is 0 Å². The van der Waals surface area contributed by atoms with E-state index in [1.54, 1.807) is 11.1 Å². The summed E-state index contributed by atoms with van der Waals surface area (Å²) in [6.07, 6.45) is 14.6. The van der Waals surface area contributed by atoms with Gasteiger partial charge in [0.2, 0.25) is 0 Å². The molecule has 0 aliphatic rings. The number of hydrogen-bond donors (Lipinski definition) is 0. The Morgan fingerprint density at radius 1 is 0.550 bits per heavy atom. The van der Waals surface area contributed by atoms with Gasteiger partial charge in [-0.15, -0.1) is 0 Å². The van der Waals surface area contributed by atoms with Crippen molar-refractivity contribution in [3.05, 3.63) is 34.9 Å². The molecule has 0 fully saturated rings. The van der Waals surface area contributed by atoms with Gasteiger partial charge in [-0.25, -0.2) is 0 Å². The van der Waals surface area contributed by atoms with Crippen molar-refractivity contribution in [1.82, 2.24) is 0 Å². The summed E-state index contributed by atoms with van der Waals surface area (Å²) in [5.74, 6) is 0. The molecule has 0 nitrogen and oxygen atoms in total. The van der Waals surface area contributed by atoms with Gasteiger partial charge in [-0.3, -0.25) is 0 Å². The zero-order valence-corrected chi connectivity index (χ0v) is 14.0. The summed E-state index contributed by atoms with van der Waals surface area (Å²) in [5, 5.41) is 0. The Morgan fingerprint density at radius 3 is 1.40 bits per heavy atom. The van der Waals surface area contributed by atoms with Crippen LogP contribution in [0.4, 0.5) is 0 Å². The van der Waals surface area contributed by atoms with Crippen molar-refractivity contribution in [3.63, 3.8) is 0 Å². The van der Waals surface area contributed by atoms with Crippen LogP contribution in [-0.4, -0.2) is 0 Å². The van der Waals surface area contributed by atoms with Gasteiger partial charge in [-0.1, -0.05) is 77.5 Å². The zero-order chi connectivity index (χ0) is 14.6. The van der Waals surface area contributed by atoms with Crippen LogP contribution in [0.3, 0.4) is 0 Å². The number of aryl methyl sites for hydroxylation is 3. The van der Waals surface area contributed by atoms with Crippen molar-refractivity contribution in [2.24, 2.45) is 0 Å². The van der Waals surface area contributed by atoms with Crippen molar-refractivity contribution < 1.29 is 0 Å². The second-order valence-corrected chi connectivity index (χ2v) is 6.13. The molecule has 1 rings (SSSR count). The maximum absolute atomic E-state index is 2.47. The van der Waals surface area contributed by atoms with Crippen molar-refractivity contribution >= 4 is 0 Å². The summed E-state index contributed by atoms with van der Waals surface area (Å²) in [7, 11) is 0. The second-order valence-electron chi connectivity index (χ2n) is 6.13. The predicted molar refractivity (Wildman–Crippen MR) is 91.5 cm³/mol. The molecule has 0 heteroatoms. The molecular weight excluding hydrogens is 240 g/mol. The first-order chi connectivity index (χ1) is 9.80. The van der Waals surface area contributed by atoms with E-state index in [4.69, 9.17) is 0 Å². The van der Waals surface area contributed by atoms with E-state index in [2.05, 4.69) is 39.0 Å². The number of benzene rings is 1. The molecule has 0 atom stereocenters. The molecule has 0 aliphatic heterocycles. The summed E-state index contributed by atoms with van der Waals surface area (Å²) in [6.45, 7) is 6.84. The molecule has 0 spiro atoms. The lowest BCUT2D eigenvalue weighted by Crippen LogP contribution is -1.94. The topological polar surface area (TPSA) is 0 Å². The van der Waals surface area contributed by atoms with E-state index in [0.717, 1.165) is 0 Å². The molecule has 20 heavy (non-hydrogen) atoms. The van der Waals surface area contributed by atoms with Crippen molar-refractivity contribution in [3.8, 4) is 0 Å². The first-order valence-corrected chi connectivity index (χ1v) is 8.91. The highest BCUT2D eigenvalue weighted by Gasteiger charge is 2.01. The molecule has 0 N–H and O–H groups in total. The molecule has 1 aromatic carbocycles. The second kappa shape index (κ2) is 10.9. The quantitative estimate of drug-likeness (QED) is 0.404. The van der Waals surface area contributed by atoms with Crippen LogP contribution < -0.4 is 0 Å². The molecule has 0 unspecified atom stereocenters. The minimum absolute atomic E-state index is 1.17. The van der Waals surface area contributed by atoms with Crippen LogP contribution >= 0.6 is 0 Å². The smallest absolute Gasteiger partial charge is 0.0279 e. The van der Waals surface area contributed by atoms with E-state index in [1.165, 1.54) is 76.2 Å². The lowest BCUT2D eigenvalue weighted by atomic mass is 9.97. The lowest BCUT2D eigenvalue weighted by molar-refractivity contribution is 0.660. The van der Waals surface area contributed by atoms with Gasteiger partial charge in [0.1, 0.15) is 0 Å². The Kier molecular flexibility index (Phi) is 9.45. The molecule has 0 aliphatic carbocycles. The highest BCUT2D eigenvalue weighted by molar-refractivity contribution is 5.30. The molecule has 0 aromatic heterocycles. The largest absolute Gasteiger partial charge is 0.0654 e. The Hall–Kier alpha value is -0.780. The minimum atomic E-state index is 1.17. The molecule has 0 radical (unpaired) electrons. The fraction of sp³-hybridized carbons (Fsp3) is 0.700. The number of unbranched alkanes of at least 4 members (excludes halogenated alkanes) is 6. The molecule has 0 heterocycles. The van der Waals surface area contributed by atoms with Crippen molar-refractivity contribution in [2.75, 3.05) is 0 Å². The van der Waals surface area contributed by atoms with Gasteiger partial charge in [0.15, 0.2) is 0 Å². The summed E-state index contributed by atoms with van der Waals surface area (Å²) < 4.78 is 0. The Labute approximate surface area is 127 Å². The fourth-order valence-electron chi connectivity index (χ4n) is 2.84. The minimum Gasteiger partial charge on any atom is -0.0654 e. The molecule has 0 saturated heterocycles. The first kappa shape index (κ1) is 17.3. The van der Waals surface area contributed by atoms with Gasteiger partial charge in [-0.2, -0.15) is 0 Å². The number of hydrogen-bond acceptors (Lipinski definition) is 0. The average molecular weight is 274 g/mol. The standard InChI is InChI=1S/C20H34/c1-4-7-9-11-13-19-15-18(6-3)16-20(17-19)14-12-10-8-5-2/h15-17H,4-14H2,1-3H3. The van der Waals surface area contributed by atoms with Crippen LogP contribution in [-0.2, 0) is 19.3 Å². The summed E-state index contributed by atoms with van der Waals surface area (Å²) in [6, 6.07) is 7.33. The average Bonchev–Trinajstić information content (AvgIpc) is 2.48.